The van der Waals surface area contributed by atoms with Gasteiger partial charge in [0.05, 0.1) is 17.6 Å². The number of nitriles is 1. The predicted molar refractivity (Wildman–Crippen MR) is 89.0 cm³/mol. The van der Waals surface area contributed by atoms with Crippen LogP contribution in [-0.2, 0) is 9.53 Å². The average Bonchev–Trinajstić information content (AvgIpc) is 2.61. The molecule has 25 heavy (non-hydrogen) atoms. The molecule has 0 saturated carbocycles. The molecule has 0 amide bonds. The molecule has 4 rings (SSSR count). The highest BCUT2D eigenvalue weighted by Crippen LogP contribution is 2.42. The number of carbonyl (C=O) groups is 1. The number of hydrogen-bond acceptors (Lipinski definition) is 6. The highest BCUT2D eigenvalue weighted by atomic mass is 16.5. The number of hydrogen-bond donors (Lipinski definition) is 1. The van der Waals surface area contributed by atoms with E-state index < -0.39 is 5.92 Å². The van der Waals surface area contributed by atoms with Gasteiger partial charge in [-0.05, 0) is 18.6 Å². The van der Waals surface area contributed by atoms with Crippen LogP contribution in [0.4, 0.5) is 0 Å². The molecular formula is C19H14N2O4. The Morgan fingerprint density at radius 1 is 1.20 bits per heavy atom. The molecule has 1 unspecified atom stereocenters. The number of benzene rings is 1. The zero-order valence-electron chi connectivity index (χ0n) is 13.2. The van der Waals surface area contributed by atoms with Crippen LogP contribution in [0.15, 0.2) is 62.5 Å². The first-order valence-electron chi connectivity index (χ1n) is 7.96. The van der Waals surface area contributed by atoms with Crippen molar-refractivity contribution >= 4 is 16.8 Å². The van der Waals surface area contributed by atoms with Gasteiger partial charge >= 0.3 is 0 Å². The van der Waals surface area contributed by atoms with Crippen LogP contribution < -0.4 is 11.2 Å². The van der Waals surface area contributed by atoms with Crippen LogP contribution in [0.25, 0.3) is 11.0 Å². The second-order valence-electron chi connectivity index (χ2n) is 6.05. The van der Waals surface area contributed by atoms with Crippen LogP contribution in [-0.4, -0.2) is 5.78 Å². The summed E-state index contributed by atoms with van der Waals surface area (Å²) in [5.41, 5.74) is 6.70. The number of fused-ring (bicyclic) bond motifs is 1. The Bertz CT molecular complexity index is 1070. The van der Waals surface area contributed by atoms with Gasteiger partial charge in [-0.3, -0.25) is 9.59 Å². The minimum Gasteiger partial charge on any atom is -0.464 e. The number of para-hydroxylation sites is 1. The minimum absolute atomic E-state index is 0.0616. The fraction of sp³-hybridized carbons (Fsp3) is 0.211. The van der Waals surface area contributed by atoms with Crippen molar-refractivity contribution in [1.82, 2.24) is 0 Å². The lowest BCUT2D eigenvalue weighted by Crippen LogP contribution is -2.30. The number of rotatable bonds is 1. The lowest BCUT2D eigenvalue weighted by molar-refractivity contribution is -0.116. The molecule has 2 aromatic rings. The van der Waals surface area contributed by atoms with Crippen LogP contribution in [0.3, 0.4) is 0 Å². The molecule has 1 aliphatic carbocycles. The number of carbonyl (C=O) groups excluding carboxylic acids is 1. The lowest BCUT2D eigenvalue weighted by Gasteiger charge is -2.30. The third kappa shape index (κ3) is 2.24. The summed E-state index contributed by atoms with van der Waals surface area (Å²) < 4.78 is 11.1. The summed E-state index contributed by atoms with van der Waals surface area (Å²) in [5.74, 6) is -0.583. The number of nitrogens with zero attached hydrogens (tertiary/aromatic N) is 1. The van der Waals surface area contributed by atoms with Gasteiger partial charge < -0.3 is 14.9 Å². The van der Waals surface area contributed by atoms with Gasteiger partial charge in [-0.25, -0.2) is 0 Å². The molecule has 0 fully saturated rings. The van der Waals surface area contributed by atoms with E-state index in [1.807, 2.05) is 6.07 Å². The highest BCUT2D eigenvalue weighted by molar-refractivity contribution is 5.99. The zero-order chi connectivity index (χ0) is 17.6. The number of Topliss-reactive ketones (excluding diaryl/α,β-unsaturated/α-hetero) is 1. The van der Waals surface area contributed by atoms with Gasteiger partial charge in [0, 0.05) is 24.0 Å². The summed E-state index contributed by atoms with van der Waals surface area (Å²) >= 11 is 0. The smallest absolute Gasteiger partial charge is 0.205 e. The van der Waals surface area contributed by atoms with E-state index in [0.29, 0.717) is 41.6 Å². The van der Waals surface area contributed by atoms with Crippen LogP contribution in [0.2, 0.25) is 0 Å². The molecule has 0 spiro atoms. The maximum absolute atomic E-state index is 13.0. The second kappa shape index (κ2) is 5.64. The molecule has 1 atom stereocenters. The molecular weight excluding hydrogens is 320 g/mol. The average molecular weight is 334 g/mol. The van der Waals surface area contributed by atoms with Crippen LogP contribution >= 0.6 is 0 Å². The third-order valence-electron chi connectivity index (χ3n) is 4.62. The Hall–Kier alpha value is -3.33. The van der Waals surface area contributed by atoms with Crippen molar-refractivity contribution < 1.29 is 13.9 Å². The van der Waals surface area contributed by atoms with Gasteiger partial charge in [-0.15, -0.1) is 0 Å². The third-order valence-corrected chi connectivity index (χ3v) is 4.62. The van der Waals surface area contributed by atoms with E-state index in [1.54, 1.807) is 24.3 Å². The van der Waals surface area contributed by atoms with E-state index in [4.69, 9.17) is 14.9 Å². The standard InChI is InChI=1S/C19H14N2O4/c20-8-11-16(17-13(22)5-3-7-15(17)25-19(11)21)12-9-24-14-6-2-1-4-10(14)18(12)23/h1-2,4,6,9,16H,3,5,7,21H2. The molecule has 2 N–H and O–H groups in total. The van der Waals surface area contributed by atoms with E-state index >= 15 is 0 Å². The predicted octanol–water partition coefficient (Wildman–Crippen LogP) is 2.61. The van der Waals surface area contributed by atoms with Crippen molar-refractivity contribution in [3.05, 3.63) is 69.1 Å². The Morgan fingerprint density at radius 2 is 2.00 bits per heavy atom. The maximum atomic E-state index is 13.0. The van der Waals surface area contributed by atoms with E-state index in [0.717, 1.165) is 0 Å². The van der Waals surface area contributed by atoms with Crippen molar-refractivity contribution in [2.75, 3.05) is 0 Å². The van der Waals surface area contributed by atoms with Gasteiger partial charge in [0.2, 0.25) is 5.88 Å². The molecule has 2 heterocycles. The maximum Gasteiger partial charge on any atom is 0.205 e. The Balaban J connectivity index is 2.01. The Labute approximate surface area is 142 Å². The molecule has 6 heteroatoms. The minimum atomic E-state index is -0.845. The summed E-state index contributed by atoms with van der Waals surface area (Å²) in [5, 5.41) is 9.94. The van der Waals surface area contributed by atoms with E-state index in [9.17, 15) is 14.9 Å². The number of allylic oxidation sites excluding steroid dienone is 3. The van der Waals surface area contributed by atoms with Crippen molar-refractivity contribution in [2.24, 2.45) is 5.73 Å². The zero-order valence-corrected chi connectivity index (χ0v) is 13.2. The lowest BCUT2D eigenvalue weighted by atomic mass is 9.78. The first-order chi connectivity index (χ1) is 12.1. The fourth-order valence-electron chi connectivity index (χ4n) is 3.46. The molecule has 2 aliphatic rings. The van der Waals surface area contributed by atoms with E-state index in [2.05, 4.69) is 0 Å². The largest absolute Gasteiger partial charge is 0.464 e. The number of ketones is 1. The van der Waals surface area contributed by atoms with Crippen molar-refractivity contribution in [2.45, 2.75) is 25.2 Å². The van der Waals surface area contributed by atoms with Crippen molar-refractivity contribution in [3.8, 4) is 6.07 Å². The summed E-state index contributed by atoms with van der Waals surface area (Å²) in [4.78, 5) is 25.5. The monoisotopic (exact) mass is 334 g/mol. The molecule has 0 bridgehead atoms. The van der Waals surface area contributed by atoms with Crippen LogP contribution in [0.1, 0.15) is 30.7 Å². The van der Waals surface area contributed by atoms with E-state index in [1.165, 1.54) is 6.26 Å². The van der Waals surface area contributed by atoms with Crippen molar-refractivity contribution in [1.29, 1.82) is 5.26 Å². The van der Waals surface area contributed by atoms with Crippen LogP contribution in [0, 0.1) is 11.3 Å². The van der Waals surface area contributed by atoms with Gasteiger partial charge in [0.25, 0.3) is 0 Å². The van der Waals surface area contributed by atoms with Gasteiger partial charge in [-0.1, -0.05) is 12.1 Å². The molecule has 0 radical (unpaired) electrons. The topological polar surface area (TPSA) is 106 Å². The molecule has 0 saturated heterocycles. The Kier molecular flexibility index (Phi) is 3.43. The normalized spacial score (nSPS) is 20.3. The number of ether oxygens (including phenoxy) is 1. The Morgan fingerprint density at radius 3 is 2.80 bits per heavy atom. The molecule has 1 aromatic heterocycles. The van der Waals surface area contributed by atoms with Gasteiger partial charge in [-0.2, -0.15) is 5.26 Å². The quantitative estimate of drug-likeness (QED) is 0.859. The summed E-state index contributed by atoms with van der Waals surface area (Å²) in [6.45, 7) is 0. The fourth-order valence-corrected chi connectivity index (χ4v) is 3.46. The molecule has 1 aromatic carbocycles. The second-order valence-corrected chi connectivity index (χ2v) is 6.05. The first kappa shape index (κ1) is 15.2. The molecule has 1 aliphatic heterocycles. The molecule has 6 nitrogen and oxygen atoms in total. The molecule has 124 valence electrons. The highest BCUT2D eigenvalue weighted by Gasteiger charge is 2.39. The first-order valence-corrected chi connectivity index (χ1v) is 7.96. The van der Waals surface area contributed by atoms with Gasteiger partial charge in [0.15, 0.2) is 11.2 Å². The summed E-state index contributed by atoms with van der Waals surface area (Å²) in [6, 6.07) is 8.84. The SMILES string of the molecule is N#CC1=C(N)OC2=C(C(=O)CCC2)C1c1coc2ccccc2c1=O. The number of nitrogens with two attached hydrogens (primary N) is 1. The van der Waals surface area contributed by atoms with Gasteiger partial charge in [0.1, 0.15) is 23.0 Å². The van der Waals surface area contributed by atoms with Crippen molar-refractivity contribution in [3.63, 3.8) is 0 Å². The summed E-state index contributed by atoms with van der Waals surface area (Å²) in [6.07, 6.45) is 2.88. The van der Waals surface area contributed by atoms with Crippen LogP contribution in [0.5, 0.6) is 0 Å². The van der Waals surface area contributed by atoms with E-state index in [-0.39, 0.29) is 28.2 Å². The summed E-state index contributed by atoms with van der Waals surface area (Å²) in [7, 11) is 0.